The lowest BCUT2D eigenvalue weighted by Gasteiger charge is -2.05. The van der Waals surface area contributed by atoms with Crippen molar-refractivity contribution in [2.24, 2.45) is 7.05 Å². The third-order valence-electron chi connectivity index (χ3n) is 3.89. The van der Waals surface area contributed by atoms with Crippen LogP contribution in [0, 0.1) is 6.92 Å². The molecule has 0 aliphatic heterocycles. The van der Waals surface area contributed by atoms with Gasteiger partial charge in [-0.3, -0.25) is 0 Å². The Kier molecular flexibility index (Phi) is 3.59. The number of rotatable bonds is 3. The van der Waals surface area contributed by atoms with Crippen molar-refractivity contribution in [1.82, 2.24) is 4.57 Å². The molecule has 2 aromatic carbocycles. The Morgan fingerprint density at radius 2 is 1.91 bits per heavy atom. The molecule has 0 atom stereocenters. The van der Waals surface area contributed by atoms with Crippen molar-refractivity contribution in [1.29, 1.82) is 0 Å². The summed E-state index contributed by atoms with van der Waals surface area (Å²) < 4.78 is 7.35. The van der Waals surface area contributed by atoms with Crippen LogP contribution in [0.4, 0.5) is 0 Å². The Hall–Kier alpha value is -2.75. The second kappa shape index (κ2) is 5.56. The van der Waals surface area contributed by atoms with Crippen LogP contribution in [0.2, 0.25) is 0 Å². The van der Waals surface area contributed by atoms with Gasteiger partial charge in [0.15, 0.2) is 0 Å². The Balaban J connectivity index is 1.94. The first-order chi connectivity index (χ1) is 10.6. The molecule has 1 N–H and O–H groups in total. The van der Waals surface area contributed by atoms with Crippen molar-refractivity contribution in [3.63, 3.8) is 0 Å². The molecule has 1 heterocycles. The molecule has 0 amide bonds. The summed E-state index contributed by atoms with van der Waals surface area (Å²) >= 11 is 0. The number of phenols is 1. The van der Waals surface area contributed by atoms with Crippen molar-refractivity contribution in [2.75, 3.05) is 0 Å². The fraction of sp³-hybridized carbons (Fsp3) is 0.167. The van der Waals surface area contributed by atoms with Gasteiger partial charge < -0.3 is 14.4 Å². The quantitative estimate of drug-likeness (QED) is 0.752. The molecule has 0 aliphatic rings. The maximum Gasteiger partial charge on any atom is 0.340 e. The third-order valence-corrected chi connectivity index (χ3v) is 3.89. The van der Waals surface area contributed by atoms with Gasteiger partial charge in [-0.1, -0.05) is 30.3 Å². The second-order valence-corrected chi connectivity index (χ2v) is 5.28. The Bertz CT molecular complexity index is 834. The van der Waals surface area contributed by atoms with Crippen LogP contribution in [0.15, 0.2) is 48.5 Å². The van der Waals surface area contributed by atoms with E-state index in [1.807, 2.05) is 48.9 Å². The zero-order valence-corrected chi connectivity index (χ0v) is 12.5. The van der Waals surface area contributed by atoms with Crippen molar-refractivity contribution < 1.29 is 14.6 Å². The third kappa shape index (κ3) is 2.44. The van der Waals surface area contributed by atoms with Crippen LogP contribution in [-0.2, 0) is 18.4 Å². The van der Waals surface area contributed by atoms with Crippen molar-refractivity contribution in [3.8, 4) is 5.75 Å². The van der Waals surface area contributed by atoms with E-state index in [9.17, 15) is 9.90 Å². The van der Waals surface area contributed by atoms with E-state index in [0.29, 0.717) is 10.9 Å². The Morgan fingerprint density at radius 3 is 2.64 bits per heavy atom. The van der Waals surface area contributed by atoms with Crippen LogP contribution in [-0.4, -0.2) is 15.6 Å². The number of aromatic nitrogens is 1. The number of carbonyl (C=O) groups is 1. The summed E-state index contributed by atoms with van der Waals surface area (Å²) in [6.45, 7) is 2.10. The van der Waals surface area contributed by atoms with E-state index in [4.69, 9.17) is 4.74 Å². The molecule has 0 unspecified atom stereocenters. The maximum atomic E-state index is 12.5. The standard InChI is InChI=1S/C18H17NO3/c1-12-17(15-10-14(20)8-9-16(15)19(12)2)18(21)22-11-13-6-4-3-5-7-13/h3-10,20H,11H2,1-2H3. The molecule has 0 bridgehead atoms. The number of phenolic OH excluding ortho intramolecular Hbond substituents is 1. The summed E-state index contributed by atoms with van der Waals surface area (Å²) in [5, 5.41) is 10.4. The number of ether oxygens (including phenoxy) is 1. The average Bonchev–Trinajstić information content (AvgIpc) is 2.77. The van der Waals surface area contributed by atoms with Crippen LogP contribution in [0.5, 0.6) is 5.75 Å². The van der Waals surface area contributed by atoms with Gasteiger partial charge in [0.05, 0.1) is 5.56 Å². The number of hydrogen-bond donors (Lipinski definition) is 1. The Labute approximate surface area is 128 Å². The molecule has 22 heavy (non-hydrogen) atoms. The van der Waals surface area contributed by atoms with Gasteiger partial charge in [-0.25, -0.2) is 4.79 Å². The van der Waals surface area contributed by atoms with Crippen LogP contribution in [0.3, 0.4) is 0 Å². The normalized spacial score (nSPS) is 10.8. The largest absolute Gasteiger partial charge is 0.508 e. The minimum Gasteiger partial charge on any atom is -0.508 e. The Morgan fingerprint density at radius 1 is 1.18 bits per heavy atom. The summed E-state index contributed by atoms with van der Waals surface area (Å²) in [6, 6.07) is 14.6. The summed E-state index contributed by atoms with van der Waals surface area (Å²) in [5.74, 6) is -0.243. The summed E-state index contributed by atoms with van der Waals surface area (Å²) in [7, 11) is 1.89. The molecule has 0 radical (unpaired) electrons. The molecular weight excluding hydrogens is 278 g/mol. The second-order valence-electron chi connectivity index (χ2n) is 5.28. The van der Waals surface area contributed by atoms with Gasteiger partial charge in [-0.2, -0.15) is 0 Å². The zero-order valence-electron chi connectivity index (χ0n) is 12.5. The van der Waals surface area contributed by atoms with Gasteiger partial charge >= 0.3 is 5.97 Å². The molecule has 3 aromatic rings. The number of fused-ring (bicyclic) bond motifs is 1. The molecule has 112 valence electrons. The lowest BCUT2D eigenvalue weighted by atomic mass is 10.1. The fourth-order valence-electron chi connectivity index (χ4n) is 2.61. The minimum absolute atomic E-state index is 0.134. The molecule has 0 saturated heterocycles. The van der Waals surface area contributed by atoms with E-state index in [0.717, 1.165) is 16.8 Å². The van der Waals surface area contributed by atoms with Crippen LogP contribution in [0.25, 0.3) is 10.9 Å². The fourth-order valence-corrected chi connectivity index (χ4v) is 2.61. The minimum atomic E-state index is -0.377. The average molecular weight is 295 g/mol. The number of hydrogen-bond acceptors (Lipinski definition) is 3. The van der Waals surface area contributed by atoms with Crippen LogP contribution >= 0.6 is 0 Å². The van der Waals surface area contributed by atoms with E-state index in [2.05, 4.69) is 0 Å². The zero-order chi connectivity index (χ0) is 15.7. The summed E-state index contributed by atoms with van der Waals surface area (Å²) in [6.07, 6.45) is 0. The van der Waals surface area contributed by atoms with Gasteiger partial charge in [0.2, 0.25) is 0 Å². The van der Waals surface area contributed by atoms with Gasteiger partial charge in [-0.15, -0.1) is 0 Å². The van der Waals surface area contributed by atoms with Crippen molar-refractivity contribution >= 4 is 16.9 Å². The highest BCUT2D eigenvalue weighted by molar-refractivity contribution is 6.06. The lowest BCUT2D eigenvalue weighted by molar-refractivity contribution is 0.0474. The van der Waals surface area contributed by atoms with E-state index < -0.39 is 0 Å². The summed E-state index contributed by atoms with van der Waals surface area (Å²) in [4.78, 5) is 12.5. The number of benzene rings is 2. The number of aryl methyl sites for hydroxylation is 1. The predicted octanol–water partition coefficient (Wildman–Crippen LogP) is 3.55. The van der Waals surface area contributed by atoms with E-state index in [-0.39, 0.29) is 18.3 Å². The highest BCUT2D eigenvalue weighted by Crippen LogP contribution is 2.28. The molecule has 1 aromatic heterocycles. The van der Waals surface area contributed by atoms with Gasteiger partial charge in [0.1, 0.15) is 12.4 Å². The molecule has 4 nitrogen and oxygen atoms in total. The smallest absolute Gasteiger partial charge is 0.340 e. The van der Waals surface area contributed by atoms with Crippen molar-refractivity contribution in [3.05, 3.63) is 65.4 Å². The highest BCUT2D eigenvalue weighted by atomic mass is 16.5. The monoisotopic (exact) mass is 295 g/mol. The first kappa shape index (κ1) is 14.2. The first-order valence-corrected chi connectivity index (χ1v) is 7.07. The molecular formula is C18H17NO3. The molecule has 4 heteroatoms. The SMILES string of the molecule is Cc1c(C(=O)OCc2ccccc2)c2cc(O)ccc2n1C. The molecule has 3 rings (SSSR count). The molecule has 0 aliphatic carbocycles. The van der Waals surface area contributed by atoms with Gasteiger partial charge in [-0.05, 0) is 30.7 Å². The van der Waals surface area contributed by atoms with Gasteiger partial charge in [0.25, 0.3) is 0 Å². The molecule has 0 saturated carbocycles. The number of carbonyl (C=O) groups excluding carboxylic acids is 1. The number of aromatic hydroxyl groups is 1. The first-order valence-electron chi connectivity index (χ1n) is 7.07. The van der Waals surface area contributed by atoms with E-state index in [1.165, 1.54) is 0 Å². The number of nitrogens with zero attached hydrogens (tertiary/aromatic N) is 1. The van der Waals surface area contributed by atoms with Gasteiger partial charge in [0, 0.05) is 23.6 Å². The molecule has 0 spiro atoms. The predicted molar refractivity (Wildman–Crippen MR) is 84.9 cm³/mol. The highest BCUT2D eigenvalue weighted by Gasteiger charge is 2.20. The maximum absolute atomic E-state index is 12.5. The van der Waals surface area contributed by atoms with E-state index in [1.54, 1.807) is 18.2 Å². The lowest BCUT2D eigenvalue weighted by Crippen LogP contribution is -2.07. The molecule has 0 fully saturated rings. The number of esters is 1. The van der Waals surface area contributed by atoms with Crippen molar-refractivity contribution in [2.45, 2.75) is 13.5 Å². The van der Waals surface area contributed by atoms with Crippen LogP contribution in [0.1, 0.15) is 21.6 Å². The van der Waals surface area contributed by atoms with E-state index >= 15 is 0 Å². The topological polar surface area (TPSA) is 51.5 Å². The van der Waals surface area contributed by atoms with Crippen LogP contribution < -0.4 is 0 Å². The summed E-state index contributed by atoms with van der Waals surface area (Å²) in [5.41, 5.74) is 3.15.